The molecule has 1 saturated heterocycles. The summed E-state index contributed by atoms with van der Waals surface area (Å²) in [5.74, 6) is 0.0548. The van der Waals surface area contributed by atoms with Crippen LogP contribution in [0.4, 0.5) is 0 Å². The van der Waals surface area contributed by atoms with Gasteiger partial charge in [-0.25, -0.2) is 0 Å². The quantitative estimate of drug-likeness (QED) is 0.526. The van der Waals surface area contributed by atoms with Crippen LogP contribution in [-0.2, 0) is 9.59 Å². The lowest BCUT2D eigenvalue weighted by molar-refractivity contribution is -0.129. The van der Waals surface area contributed by atoms with Gasteiger partial charge in [0.15, 0.2) is 0 Å². The third-order valence-electron chi connectivity index (χ3n) is 3.77. The SMILES string of the molecule is C=CC(=C)CCNC(=O)/C=C/CNC1CCN(C(C)=O)CC1. The zero-order valence-corrected chi connectivity index (χ0v) is 13.4. The van der Waals surface area contributed by atoms with Gasteiger partial charge in [-0.3, -0.25) is 9.59 Å². The van der Waals surface area contributed by atoms with Gasteiger partial charge in [-0.15, -0.1) is 0 Å². The van der Waals surface area contributed by atoms with Crippen molar-refractivity contribution in [1.29, 1.82) is 0 Å². The highest BCUT2D eigenvalue weighted by Crippen LogP contribution is 2.09. The van der Waals surface area contributed by atoms with Crippen LogP contribution in [0.1, 0.15) is 26.2 Å². The molecule has 0 aromatic rings. The van der Waals surface area contributed by atoms with Crippen molar-refractivity contribution in [3.63, 3.8) is 0 Å². The number of carbonyl (C=O) groups is 2. The molecule has 1 fully saturated rings. The molecule has 0 radical (unpaired) electrons. The second-order valence-electron chi connectivity index (χ2n) is 5.49. The topological polar surface area (TPSA) is 61.4 Å². The van der Waals surface area contributed by atoms with Crippen LogP contribution >= 0.6 is 0 Å². The molecular formula is C17H27N3O2. The zero-order valence-electron chi connectivity index (χ0n) is 13.4. The summed E-state index contributed by atoms with van der Waals surface area (Å²) in [5, 5.41) is 6.19. The molecule has 0 atom stereocenters. The van der Waals surface area contributed by atoms with Gasteiger partial charge in [-0.05, 0) is 19.3 Å². The van der Waals surface area contributed by atoms with Gasteiger partial charge in [-0.2, -0.15) is 0 Å². The number of rotatable bonds is 8. The van der Waals surface area contributed by atoms with Crippen LogP contribution in [0.25, 0.3) is 0 Å². The molecule has 122 valence electrons. The van der Waals surface area contributed by atoms with Gasteiger partial charge in [0.25, 0.3) is 0 Å². The Hall–Kier alpha value is -1.88. The van der Waals surface area contributed by atoms with Crippen molar-refractivity contribution in [3.8, 4) is 0 Å². The average Bonchev–Trinajstić information content (AvgIpc) is 2.51. The smallest absolute Gasteiger partial charge is 0.243 e. The van der Waals surface area contributed by atoms with Gasteiger partial charge >= 0.3 is 0 Å². The van der Waals surface area contributed by atoms with Gasteiger partial charge in [0.05, 0.1) is 0 Å². The molecule has 1 heterocycles. The van der Waals surface area contributed by atoms with Crippen molar-refractivity contribution in [1.82, 2.24) is 15.5 Å². The van der Waals surface area contributed by atoms with E-state index in [0.717, 1.165) is 37.9 Å². The highest BCUT2D eigenvalue weighted by atomic mass is 16.2. The number of nitrogens with zero attached hydrogens (tertiary/aromatic N) is 1. The second-order valence-corrected chi connectivity index (χ2v) is 5.49. The van der Waals surface area contributed by atoms with Crippen LogP contribution in [0.2, 0.25) is 0 Å². The Morgan fingerprint density at radius 2 is 2.00 bits per heavy atom. The van der Waals surface area contributed by atoms with E-state index < -0.39 is 0 Å². The molecule has 1 aliphatic rings. The lowest BCUT2D eigenvalue weighted by atomic mass is 10.1. The second kappa shape index (κ2) is 9.95. The first-order chi connectivity index (χ1) is 10.5. The Balaban J connectivity index is 2.11. The predicted molar refractivity (Wildman–Crippen MR) is 89.4 cm³/mol. The summed E-state index contributed by atoms with van der Waals surface area (Å²) in [6.45, 7) is 11.9. The zero-order chi connectivity index (χ0) is 16.4. The summed E-state index contributed by atoms with van der Waals surface area (Å²) in [4.78, 5) is 24.7. The molecule has 0 spiro atoms. The lowest BCUT2D eigenvalue weighted by Crippen LogP contribution is -2.44. The normalized spacial score (nSPS) is 15.8. The molecule has 0 aromatic heterocycles. The summed E-state index contributed by atoms with van der Waals surface area (Å²) >= 11 is 0. The Kier molecular flexibility index (Phi) is 8.22. The minimum atomic E-state index is -0.0925. The first-order valence-electron chi connectivity index (χ1n) is 7.76. The molecule has 1 rings (SSSR count). The fourth-order valence-electron chi connectivity index (χ4n) is 2.31. The maximum absolute atomic E-state index is 11.6. The van der Waals surface area contributed by atoms with E-state index in [2.05, 4.69) is 23.8 Å². The molecule has 22 heavy (non-hydrogen) atoms. The molecular weight excluding hydrogens is 278 g/mol. The molecule has 1 aliphatic heterocycles. The number of piperidine rings is 1. The first kappa shape index (κ1) is 18.2. The minimum Gasteiger partial charge on any atom is -0.352 e. The van der Waals surface area contributed by atoms with Crippen molar-refractivity contribution < 1.29 is 9.59 Å². The van der Waals surface area contributed by atoms with Gasteiger partial charge in [-0.1, -0.05) is 30.9 Å². The summed E-state index contributed by atoms with van der Waals surface area (Å²) in [6, 6.07) is 0.416. The van der Waals surface area contributed by atoms with E-state index in [1.807, 2.05) is 11.0 Å². The first-order valence-corrected chi connectivity index (χ1v) is 7.76. The summed E-state index contributed by atoms with van der Waals surface area (Å²) < 4.78 is 0. The third-order valence-corrected chi connectivity index (χ3v) is 3.77. The number of hydrogen-bond donors (Lipinski definition) is 2. The molecule has 5 nitrogen and oxygen atoms in total. The van der Waals surface area contributed by atoms with Crippen molar-refractivity contribution >= 4 is 11.8 Å². The van der Waals surface area contributed by atoms with Gasteiger partial charge in [0, 0.05) is 45.2 Å². The van der Waals surface area contributed by atoms with E-state index in [9.17, 15) is 9.59 Å². The highest BCUT2D eigenvalue weighted by Gasteiger charge is 2.19. The van der Waals surface area contributed by atoms with Crippen molar-refractivity contribution in [2.24, 2.45) is 0 Å². The summed E-state index contributed by atoms with van der Waals surface area (Å²) in [7, 11) is 0. The maximum atomic E-state index is 11.6. The monoisotopic (exact) mass is 305 g/mol. The molecule has 2 amide bonds. The number of carbonyl (C=O) groups excluding carboxylic acids is 2. The summed E-state index contributed by atoms with van der Waals surface area (Å²) in [5.41, 5.74) is 0.919. The number of likely N-dealkylation sites (tertiary alicyclic amines) is 1. The number of amides is 2. The molecule has 5 heteroatoms. The standard InChI is InChI=1S/C17H27N3O2/c1-4-14(2)7-11-19-17(22)6-5-10-18-16-8-12-20(13-9-16)15(3)21/h4-6,16,18H,1-2,7-13H2,3H3,(H,19,22)/b6-5+. The van der Waals surface area contributed by atoms with Crippen molar-refractivity contribution in [2.45, 2.75) is 32.2 Å². The highest BCUT2D eigenvalue weighted by molar-refractivity contribution is 5.87. The maximum Gasteiger partial charge on any atom is 0.243 e. The van der Waals surface area contributed by atoms with Gasteiger partial charge < -0.3 is 15.5 Å². The fourth-order valence-corrected chi connectivity index (χ4v) is 2.31. The Morgan fingerprint density at radius 3 is 2.59 bits per heavy atom. The van der Waals surface area contributed by atoms with Gasteiger partial charge in [0.1, 0.15) is 0 Å². The Labute approximate surface area is 133 Å². The largest absolute Gasteiger partial charge is 0.352 e. The molecule has 0 aromatic carbocycles. The van der Waals surface area contributed by atoms with Crippen LogP contribution < -0.4 is 10.6 Å². The van der Waals surface area contributed by atoms with E-state index in [1.165, 1.54) is 0 Å². The Bertz CT molecular complexity index is 435. The van der Waals surface area contributed by atoms with Crippen LogP contribution in [0, 0.1) is 0 Å². The van der Waals surface area contributed by atoms with E-state index in [0.29, 0.717) is 19.1 Å². The van der Waals surface area contributed by atoms with E-state index in [1.54, 1.807) is 19.1 Å². The van der Waals surface area contributed by atoms with Crippen LogP contribution in [-0.4, -0.2) is 48.9 Å². The molecule has 0 unspecified atom stereocenters. The average molecular weight is 305 g/mol. The molecule has 2 N–H and O–H groups in total. The van der Waals surface area contributed by atoms with Crippen LogP contribution in [0.3, 0.4) is 0 Å². The Morgan fingerprint density at radius 1 is 1.32 bits per heavy atom. The lowest BCUT2D eigenvalue weighted by Gasteiger charge is -2.31. The number of nitrogens with one attached hydrogen (secondary N) is 2. The fraction of sp³-hybridized carbons (Fsp3) is 0.529. The van der Waals surface area contributed by atoms with Crippen LogP contribution in [0.5, 0.6) is 0 Å². The predicted octanol–water partition coefficient (Wildman–Crippen LogP) is 1.39. The van der Waals surface area contributed by atoms with E-state index in [4.69, 9.17) is 0 Å². The summed E-state index contributed by atoms with van der Waals surface area (Å²) in [6.07, 6.45) is 7.72. The van der Waals surface area contributed by atoms with E-state index in [-0.39, 0.29) is 11.8 Å². The van der Waals surface area contributed by atoms with Crippen LogP contribution in [0.15, 0.2) is 37.0 Å². The third kappa shape index (κ3) is 7.22. The minimum absolute atomic E-state index is 0.0925. The van der Waals surface area contributed by atoms with Gasteiger partial charge in [0.2, 0.25) is 11.8 Å². The molecule has 0 saturated carbocycles. The van der Waals surface area contributed by atoms with Crippen molar-refractivity contribution in [2.75, 3.05) is 26.2 Å². The molecule has 0 bridgehead atoms. The number of allylic oxidation sites excluding steroid dienone is 1. The van der Waals surface area contributed by atoms with Crippen molar-refractivity contribution in [3.05, 3.63) is 37.0 Å². The molecule has 0 aliphatic carbocycles. The number of hydrogen-bond acceptors (Lipinski definition) is 3. The van der Waals surface area contributed by atoms with E-state index >= 15 is 0 Å².